The van der Waals surface area contributed by atoms with Crippen LogP contribution in [0.15, 0.2) is 18.3 Å². The standard InChI is InChI=1S/C12H17ClN2/c1-3-12(2)8-15(9-12)11-5-4-10(6-13)7-14-11/h4-5,7H,3,6,8-9H2,1-2H3. The lowest BCUT2D eigenvalue weighted by atomic mass is 9.79. The first-order valence-corrected chi connectivity index (χ1v) is 5.96. The van der Waals surface area contributed by atoms with E-state index in [1.807, 2.05) is 6.20 Å². The van der Waals surface area contributed by atoms with Crippen LogP contribution < -0.4 is 4.90 Å². The summed E-state index contributed by atoms with van der Waals surface area (Å²) in [6.45, 7) is 6.82. The number of anilines is 1. The second kappa shape index (κ2) is 4.01. The van der Waals surface area contributed by atoms with Crippen LogP contribution in [0.1, 0.15) is 25.8 Å². The lowest BCUT2D eigenvalue weighted by Crippen LogP contribution is -2.54. The fraction of sp³-hybridized carbons (Fsp3) is 0.583. The molecule has 0 amide bonds. The third-order valence-corrected chi connectivity index (χ3v) is 3.59. The maximum atomic E-state index is 5.72. The first-order valence-electron chi connectivity index (χ1n) is 5.43. The van der Waals surface area contributed by atoms with E-state index in [1.165, 1.54) is 6.42 Å². The van der Waals surface area contributed by atoms with Crippen molar-refractivity contribution in [1.29, 1.82) is 0 Å². The maximum Gasteiger partial charge on any atom is 0.128 e. The zero-order valence-electron chi connectivity index (χ0n) is 9.33. The molecule has 2 heterocycles. The van der Waals surface area contributed by atoms with Gasteiger partial charge >= 0.3 is 0 Å². The molecule has 15 heavy (non-hydrogen) atoms. The molecule has 2 nitrogen and oxygen atoms in total. The smallest absolute Gasteiger partial charge is 0.128 e. The summed E-state index contributed by atoms with van der Waals surface area (Å²) in [6.07, 6.45) is 3.10. The predicted molar refractivity (Wildman–Crippen MR) is 64.4 cm³/mol. The zero-order valence-corrected chi connectivity index (χ0v) is 10.1. The highest BCUT2D eigenvalue weighted by Gasteiger charge is 2.37. The van der Waals surface area contributed by atoms with Crippen molar-refractivity contribution < 1.29 is 0 Å². The van der Waals surface area contributed by atoms with Gasteiger partial charge in [0.15, 0.2) is 0 Å². The predicted octanol–water partition coefficient (Wildman–Crippen LogP) is 3.06. The minimum Gasteiger partial charge on any atom is -0.355 e. The number of hydrogen-bond acceptors (Lipinski definition) is 2. The van der Waals surface area contributed by atoms with Gasteiger partial charge in [-0.25, -0.2) is 4.98 Å². The number of aromatic nitrogens is 1. The van der Waals surface area contributed by atoms with E-state index in [4.69, 9.17) is 11.6 Å². The molecule has 1 fully saturated rings. The van der Waals surface area contributed by atoms with Crippen molar-refractivity contribution in [3.8, 4) is 0 Å². The molecule has 82 valence electrons. The van der Waals surface area contributed by atoms with E-state index >= 15 is 0 Å². The molecule has 0 aliphatic carbocycles. The average molecular weight is 225 g/mol. The van der Waals surface area contributed by atoms with Gasteiger partial charge < -0.3 is 4.90 Å². The molecule has 0 spiro atoms. The molecule has 2 rings (SSSR count). The second-order valence-electron chi connectivity index (χ2n) is 4.68. The first kappa shape index (κ1) is 10.7. The molecule has 0 atom stereocenters. The van der Waals surface area contributed by atoms with Gasteiger partial charge in [-0.15, -0.1) is 11.6 Å². The Morgan fingerprint density at radius 2 is 2.20 bits per heavy atom. The first-order chi connectivity index (χ1) is 7.17. The summed E-state index contributed by atoms with van der Waals surface area (Å²) in [4.78, 5) is 6.73. The molecule has 1 saturated heterocycles. The Morgan fingerprint density at radius 1 is 1.47 bits per heavy atom. The van der Waals surface area contributed by atoms with Crippen molar-refractivity contribution in [1.82, 2.24) is 4.98 Å². The number of rotatable bonds is 3. The van der Waals surface area contributed by atoms with Crippen LogP contribution >= 0.6 is 11.6 Å². The Labute approximate surface area is 96.3 Å². The van der Waals surface area contributed by atoms with E-state index in [2.05, 4.69) is 35.9 Å². The van der Waals surface area contributed by atoms with Crippen LogP contribution in [0.3, 0.4) is 0 Å². The number of hydrogen-bond donors (Lipinski definition) is 0. The Hall–Kier alpha value is -0.760. The normalized spacial score (nSPS) is 18.7. The van der Waals surface area contributed by atoms with E-state index in [9.17, 15) is 0 Å². The summed E-state index contributed by atoms with van der Waals surface area (Å²) in [6, 6.07) is 4.11. The van der Waals surface area contributed by atoms with Gasteiger partial charge in [-0.05, 0) is 18.1 Å². The Morgan fingerprint density at radius 3 is 2.67 bits per heavy atom. The van der Waals surface area contributed by atoms with Crippen LogP contribution in [0.25, 0.3) is 0 Å². The van der Waals surface area contributed by atoms with Crippen LogP contribution in [-0.2, 0) is 5.88 Å². The van der Waals surface area contributed by atoms with Crippen molar-refractivity contribution in [3.63, 3.8) is 0 Å². The van der Waals surface area contributed by atoms with Crippen molar-refractivity contribution in [2.45, 2.75) is 26.1 Å². The third kappa shape index (κ3) is 2.10. The quantitative estimate of drug-likeness (QED) is 0.734. The van der Waals surface area contributed by atoms with E-state index in [-0.39, 0.29) is 0 Å². The monoisotopic (exact) mass is 224 g/mol. The number of nitrogens with zero attached hydrogens (tertiary/aromatic N) is 2. The summed E-state index contributed by atoms with van der Waals surface area (Å²) < 4.78 is 0. The van der Waals surface area contributed by atoms with Crippen molar-refractivity contribution >= 4 is 17.4 Å². The minimum atomic E-state index is 0.493. The summed E-state index contributed by atoms with van der Waals surface area (Å²) in [7, 11) is 0. The highest BCUT2D eigenvalue weighted by molar-refractivity contribution is 6.17. The van der Waals surface area contributed by atoms with E-state index in [0.717, 1.165) is 24.5 Å². The van der Waals surface area contributed by atoms with Crippen LogP contribution in [0, 0.1) is 5.41 Å². The summed E-state index contributed by atoms with van der Waals surface area (Å²) in [5.74, 6) is 1.62. The Bertz CT molecular complexity index is 328. The topological polar surface area (TPSA) is 16.1 Å². The fourth-order valence-corrected chi connectivity index (χ4v) is 2.10. The van der Waals surface area contributed by atoms with Gasteiger partial charge in [-0.3, -0.25) is 0 Å². The third-order valence-electron chi connectivity index (χ3n) is 3.29. The van der Waals surface area contributed by atoms with E-state index < -0.39 is 0 Å². The summed E-state index contributed by atoms with van der Waals surface area (Å²) >= 11 is 5.72. The van der Waals surface area contributed by atoms with Crippen LogP contribution in [0.2, 0.25) is 0 Å². The van der Waals surface area contributed by atoms with E-state index in [1.54, 1.807) is 0 Å². The van der Waals surface area contributed by atoms with Crippen molar-refractivity contribution in [2.24, 2.45) is 5.41 Å². The van der Waals surface area contributed by atoms with Gasteiger partial charge in [0.25, 0.3) is 0 Å². The van der Waals surface area contributed by atoms with Crippen LogP contribution in [0.5, 0.6) is 0 Å². The SMILES string of the molecule is CCC1(C)CN(c2ccc(CCl)cn2)C1. The molecule has 3 heteroatoms. The van der Waals surface area contributed by atoms with Gasteiger partial charge in [0.2, 0.25) is 0 Å². The molecule has 1 aliphatic heterocycles. The lowest BCUT2D eigenvalue weighted by molar-refractivity contribution is 0.232. The highest BCUT2D eigenvalue weighted by Crippen LogP contribution is 2.35. The van der Waals surface area contributed by atoms with E-state index in [0.29, 0.717) is 11.3 Å². The van der Waals surface area contributed by atoms with Gasteiger partial charge in [-0.2, -0.15) is 0 Å². The molecule has 0 N–H and O–H groups in total. The number of halogens is 1. The summed E-state index contributed by atoms with van der Waals surface area (Å²) in [5.41, 5.74) is 1.58. The molecular formula is C12H17ClN2. The molecule has 1 aromatic rings. The minimum absolute atomic E-state index is 0.493. The molecule has 0 aromatic carbocycles. The second-order valence-corrected chi connectivity index (χ2v) is 4.95. The van der Waals surface area contributed by atoms with Gasteiger partial charge in [0, 0.05) is 30.6 Å². The van der Waals surface area contributed by atoms with Crippen molar-refractivity contribution in [3.05, 3.63) is 23.9 Å². The fourth-order valence-electron chi connectivity index (χ4n) is 1.94. The van der Waals surface area contributed by atoms with Crippen molar-refractivity contribution in [2.75, 3.05) is 18.0 Å². The summed E-state index contributed by atoms with van der Waals surface area (Å²) in [5, 5.41) is 0. The molecule has 0 saturated carbocycles. The number of pyridine rings is 1. The molecule has 0 radical (unpaired) electrons. The molecule has 0 bridgehead atoms. The maximum absolute atomic E-state index is 5.72. The van der Waals surface area contributed by atoms with Crippen LogP contribution in [0.4, 0.5) is 5.82 Å². The molecular weight excluding hydrogens is 208 g/mol. The zero-order chi connectivity index (χ0) is 10.9. The molecule has 0 unspecified atom stereocenters. The average Bonchev–Trinajstić information content (AvgIpc) is 2.25. The van der Waals surface area contributed by atoms with Gasteiger partial charge in [0.1, 0.15) is 5.82 Å². The van der Waals surface area contributed by atoms with Gasteiger partial charge in [0.05, 0.1) is 0 Å². The molecule has 1 aromatic heterocycles. The Balaban J connectivity index is 2.01. The van der Waals surface area contributed by atoms with Gasteiger partial charge in [-0.1, -0.05) is 19.9 Å². The largest absolute Gasteiger partial charge is 0.355 e. The lowest BCUT2D eigenvalue weighted by Gasteiger charge is -2.48. The Kier molecular flexibility index (Phi) is 2.87. The number of alkyl halides is 1. The highest BCUT2D eigenvalue weighted by atomic mass is 35.5. The van der Waals surface area contributed by atoms with Crippen LogP contribution in [-0.4, -0.2) is 18.1 Å². The molecule has 1 aliphatic rings.